The Morgan fingerprint density at radius 3 is 2.78 bits per heavy atom. The van der Waals surface area contributed by atoms with E-state index in [9.17, 15) is 14.7 Å². The van der Waals surface area contributed by atoms with Crippen LogP contribution in [0, 0.1) is 12.3 Å². The van der Waals surface area contributed by atoms with E-state index in [4.69, 9.17) is 14.5 Å². The van der Waals surface area contributed by atoms with Gasteiger partial charge in [-0.15, -0.1) is 0 Å². The van der Waals surface area contributed by atoms with Crippen molar-refractivity contribution in [3.05, 3.63) is 52.2 Å². The molecule has 2 fully saturated rings. The second-order valence-electron chi connectivity index (χ2n) is 14.5. The molecule has 1 aromatic heterocycles. The molecule has 45 heavy (non-hydrogen) atoms. The van der Waals surface area contributed by atoms with Gasteiger partial charge in [-0.25, -0.2) is 4.98 Å². The first kappa shape index (κ1) is 32.0. The third-order valence-electron chi connectivity index (χ3n) is 10.9. The number of amides is 1. The number of carboxylic acids is 1. The number of nitrogens with one attached hydrogen (secondary N) is 1. The van der Waals surface area contributed by atoms with E-state index >= 15 is 0 Å². The summed E-state index contributed by atoms with van der Waals surface area (Å²) in [5.74, 6) is 0.204. The van der Waals surface area contributed by atoms with Crippen molar-refractivity contribution < 1.29 is 24.2 Å². The van der Waals surface area contributed by atoms with Gasteiger partial charge in [-0.3, -0.25) is 14.5 Å². The predicted octanol–water partition coefficient (Wildman–Crippen LogP) is 5.43. The van der Waals surface area contributed by atoms with Crippen LogP contribution in [0.2, 0.25) is 0 Å². The smallest absolute Gasteiger partial charge is 0.325 e. The highest BCUT2D eigenvalue weighted by Gasteiger charge is 2.53. The second-order valence-corrected chi connectivity index (χ2v) is 14.5. The maximum absolute atomic E-state index is 13.7. The van der Waals surface area contributed by atoms with Gasteiger partial charge in [0.2, 0.25) is 5.91 Å². The lowest BCUT2D eigenvalue weighted by Crippen LogP contribution is -2.43. The first-order valence-electron chi connectivity index (χ1n) is 16.8. The van der Waals surface area contributed by atoms with Crippen molar-refractivity contribution in [2.45, 2.75) is 102 Å². The van der Waals surface area contributed by atoms with Crippen LogP contribution in [0.15, 0.2) is 24.3 Å². The average molecular weight is 619 g/mol. The third-order valence-corrected chi connectivity index (χ3v) is 10.9. The minimum absolute atomic E-state index is 0.0360. The number of anilines is 2. The fourth-order valence-corrected chi connectivity index (χ4v) is 8.37. The van der Waals surface area contributed by atoms with Crippen LogP contribution in [0.5, 0.6) is 0 Å². The van der Waals surface area contributed by atoms with E-state index < -0.39 is 17.4 Å². The molecule has 1 saturated heterocycles. The van der Waals surface area contributed by atoms with Crippen LogP contribution in [-0.2, 0) is 37.3 Å². The van der Waals surface area contributed by atoms with E-state index in [1.54, 1.807) is 11.9 Å². The average Bonchev–Trinajstić information content (AvgIpc) is 3.42. The highest BCUT2D eigenvalue weighted by Crippen LogP contribution is 2.51. The molecule has 1 amide bonds. The Kier molecular flexibility index (Phi) is 8.98. The number of aryl methyl sites for hydroxylation is 3. The molecule has 3 aliphatic heterocycles. The minimum Gasteiger partial charge on any atom is -0.480 e. The number of benzene rings is 1. The number of hydrogen-bond donors (Lipinski definition) is 2. The first-order valence-corrected chi connectivity index (χ1v) is 16.8. The van der Waals surface area contributed by atoms with Crippen molar-refractivity contribution in [2.75, 3.05) is 50.7 Å². The lowest BCUT2D eigenvalue weighted by molar-refractivity contribution is -0.144. The van der Waals surface area contributed by atoms with Crippen molar-refractivity contribution in [1.82, 2.24) is 9.88 Å². The number of aromatic nitrogens is 1. The van der Waals surface area contributed by atoms with Crippen LogP contribution in [0.25, 0.3) is 0 Å². The summed E-state index contributed by atoms with van der Waals surface area (Å²) in [4.78, 5) is 35.3. The van der Waals surface area contributed by atoms with E-state index in [2.05, 4.69) is 37.4 Å². The van der Waals surface area contributed by atoms with E-state index in [0.29, 0.717) is 38.2 Å². The van der Waals surface area contributed by atoms with Crippen molar-refractivity contribution >= 4 is 23.4 Å². The zero-order valence-corrected chi connectivity index (χ0v) is 27.7. The molecule has 6 rings (SSSR count). The Balaban J connectivity index is 1.12. The van der Waals surface area contributed by atoms with Crippen LogP contribution >= 0.6 is 0 Å². The van der Waals surface area contributed by atoms with E-state index in [1.807, 2.05) is 24.9 Å². The summed E-state index contributed by atoms with van der Waals surface area (Å²) in [6.07, 6.45) is 8.08. The van der Waals surface area contributed by atoms with Crippen molar-refractivity contribution in [3.8, 4) is 0 Å². The molecule has 0 bridgehead atoms. The number of nitrogens with zero attached hydrogens (tertiary/aromatic N) is 3. The number of carboxylic acid groups (broad SMARTS) is 1. The van der Waals surface area contributed by atoms with Crippen LogP contribution < -0.4 is 10.2 Å². The fourth-order valence-electron chi connectivity index (χ4n) is 8.37. The molecule has 2 unspecified atom stereocenters. The van der Waals surface area contributed by atoms with E-state index in [-0.39, 0.29) is 23.5 Å². The summed E-state index contributed by atoms with van der Waals surface area (Å²) in [6, 6.07) is 7.60. The van der Waals surface area contributed by atoms with Crippen LogP contribution in [0.3, 0.4) is 0 Å². The molecule has 1 aliphatic carbocycles. The molecule has 4 aliphatic rings. The van der Waals surface area contributed by atoms with Gasteiger partial charge in [-0.05, 0) is 94.4 Å². The highest BCUT2D eigenvalue weighted by atomic mass is 16.5. The fraction of sp³-hybridized carbons (Fsp3) is 0.639. The van der Waals surface area contributed by atoms with Gasteiger partial charge in [0, 0.05) is 50.7 Å². The minimum atomic E-state index is -0.896. The lowest BCUT2D eigenvalue weighted by atomic mass is 9.74. The first-order chi connectivity index (χ1) is 21.5. The molecule has 1 aromatic carbocycles. The number of likely N-dealkylation sites (N-methyl/N-ethyl adjacent to an activating group) is 2. The second kappa shape index (κ2) is 12.6. The zero-order chi connectivity index (χ0) is 31.9. The summed E-state index contributed by atoms with van der Waals surface area (Å²) < 4.78 is 12.1. The molecule has 2 aromatic rings. The Labute approximate surface area is 267 Å². The van der Waals surface area contributed by atoms with Gasteiger partial charge in [-0.2, -0.15) is 0 Å². The number of rotatable bonds is 10. The van der Waals surface area contributed by atoms with Gasteiger partial charge >= 0.3 is 5.97 Å². The normalized spacial score (nSPS) is 24.0. The van der Waals surface area contributed by atoms with Gasteiger partial charge < -0.3 is 24.8 Å². The number of unbranched alkanes of at least 4 members (excludes halogenated alkanes) is 1. The lowest BCUT2D eigenvalue weighted by Gasteiger charge is -2.33. The number of hydrogen-bond acceptors (Lipinski definition) is 7. The number of ether oxygens (including phenoxy) is 2. The maximum atomic E-state index is 13.7. The zero-order valence-electron chi connectivity index (χ0n) is 27.7. The summed E-state index contributed by atoms with van der Waals surface area (Å²) in [5, 5.41) is 14.1. The van der Waals surface area contributed by atoms with Crippen molar-refractivity contribution in [3.63, 3.8) is 0 Å². The molecule has 9 nitrogen and oxygen atoms in total. The number of carbonyl (C=O) groups excluding carboxylic acids is 1. The van der Waals surface area contributed by atoms with Gasteiger partial charge in [0.05, 0.1) is 17.2 Å². The number of carbonyl (C=O) groups is 2. The van der Waals surface area contributed by atoms with Crippen LogP contribution in [0.4, 0.5) is 11.5 Å². The highest BCUT2D eigenvalue weighted by molar-refractivity contribution is 6.09. The molecule has 3 atom stereocenters. The number of aliphatic carboxylic acids is 1. The Morgan fingerprint density at radius 2 is 2.02 bits per heavy atom. The molecule has 2 N–H and O–H groups in total. The van der Waals surface area contributed by atoms with Gasteiger partial charge in [0.15, 0.2) is 0 Å². The molecular weight excluding hydrogens is 568 g/mol. The summed E-state index contributed by atoms with van der Waals surface area (Å²) in [7, 11) is 3.72. The number of pyridine rings is 1. The largest absolute Gasteiger partial charge is 0.480 e. The standard InChI is InChI=1S/C36H50N4O5/c1-23-19-27(30-28(20-23)36(34(43)40(30)5)13-17-44-18-14-36)31(33(41)42)39(4)26-21-29(35(2,3)22-26)45-16-7-6-10-25-12-11-24-9-8-15-37-32(24)38-25/h11-12,19-20,26,29,31H,6-10,13-18,21-22H2,1-5H3,(H,37,38)(H,41,42)/t26?,29?,31-/m1/s1. The van der Waals surface area contributed by atoms with Crippen LogP contribution in [-0.4, -0.2) is 79.5 Å². The monoisotopic (exact) mass is 618 g/mol. The molecule has 9 heteroatoms. The Hall–Kier alpha value is -3.01. The SMILES string of the molecule is Cc1cc([C@H](C(=O)O)N(C)C2CC(OCCCCc3ccc4c(n3)NCCC4)C(C)(C)C2)c2c(c1)C1(CCOCC1)C(=O)N2C. The maximum Gasteiger partial charge on any atom is 0.325 e. The van der Waals surface area contributed by atoms with Crippen molar-refractivity contribution in [1.29, 1.82) is 0 Å². The Bertz CT molecular complexity index is 1430. The molecular formula is C36H50N4O5. The third kappa shape index (κ3) is 5.99. The summed E-state index contributed by atoms with van der Waals surface area (Å²) in [6.45, 7) is 9.21. The van der Waals surface area contributed by atoms with Gasteiger partial charge in [0.25, 0.3) is 0 Å². The quantitative estimate of drug-likeness (QED) is 0.340. The topological polar surface area (TPSA) is 104 Å². The summed E-state index contributed by atoms with van der Waals surface area (Å²) >= 11 is 0. The summed E-state index contributed by atoms with van der Waals surface area (Å²) in [5.41, 5.74) is 5.14. The molecule has 1 saturated carbocycles. The van der Waals surface area contributed by atoms with E-state index in [1.165, 1.54) is 12.0 Å². The van der Waals surface area contributed by atoms with Gasteiger partial charge in [-0.1, -0.05) is 37.6 Å². The van der Waals surface area contributed by atoms with Crippen LogP contribution in [0.1, 0.15) is 92.8 Å². The van der Waals surface area contributed by atoms with Gasteiger partial charge in [0.1, 0.15) is 11.9 Å². The molecule has 1 spiro atoms. The molecule has 4 heterocycles. The molecule has 0 radical (unpaired) electrons. The number of fused-ring (bicyclic) bond motifs is 3. The van der Waals surface area contributed by atoms with E-state index in [0.717, 1.165) is 73.4 Å². The van der Waals surface area contributed by atoms with Crippen molar-refractivity contribution in [2.24, 2.45) is 5.41 Å². The molecule has 244 valence electrons. The predicted molar refractivity (Wildman–Crippen MR) is 175 cm³/mol. The Morgan fingerprint density at radius 1 is 1.24 bits per heavy atom.